The van der Waals surface area contributed by atoms with Crippen molar-refractivity contribution in [1.82, 2.24) is 9.62 Å². The zero-order valence-electron chi connectivity index (χ0n) is 24.2. The molecule has 206 valence electrons. The average Bonchev–Trinajstić information content (AvgIpc) is 3.13. The van der Waals surface area contributed by atoms with Crippen molar-refractivity contribution in [3.63, 3.8) is 0 Å². The number of para-hydroxylation sites is 2. The second-order valence-electron chi connectivity index (χ2n) is 12.3. The van der Waals surface area contributed by atoms with E-state index in [0.717, 1.165) is 5.69 Å². The Hall–Kier alpha value is -1.43. The van der Waals surface area contributed by atoms with Crippen LogP contribution in [-0.2, 0) is 19.4 Å². The van der Waals surface area contributed by atoms with Crippen LogP contribution in [0.15, 0.2) is 54.6 Å². The van der Waals surface area contributed by atoms with E-state index >= 15 is 0 Å². The van der Waals surface area contributed by atoms with Gasteiger partial charge in [-0.2, -0.15) is 0 Å². The van der Waals surface area contributed by atoms with Crippen molar-refractivity contribution in [2.45, 2.75) is 60.2 Å². The molecule has 1 fully saturated rings. The number of anilines is 2. The van der Waals surface area contributed by atoms with Crippen LogP contribution in [0.2, 0.25) is 0 Å². The van der Waals surface area contributed by atoms with Gasteiger partial charge < -0.3 is 10.2 Å². The van der Waals surface area contributed by atoms with Crippen molar-refractivity contribution in [2.75, 3.05) is 37.8 Å². The van der Waals surface area contributed by atoms with Gasteiger partial charge in [0, 0.05) is 6.42 Å². The molecule has 1 saturated heterocycles. The van der Waals surface area contributed by atoms with Gasteiger partial charge in [-0.1, -0.05) is 41.5 Å². The van der Waals surface area contributed by atoms with Crippen LogP contribution in [0.5, 0.6) is 0 Å². The molecule has 3 rings (SSSR count). The summed E-state index contributed by atoms with van der Waals surface area (Å²) in [4.78, 5) is 9.30. The summed E-state index contributed by atoms with van der Waals surface area (Å²) in [6, 6.07) is 22.1. The van der Waals surface area contributed by atoms with Crippen molar-refractivity contribution in [1.29, 1.82) is 0 Å². The van der Waals surface area contributed by atoms with Gasteiger partial charge in [-0.05, 0) is 10.8 Å². The molecule has 6 nitrogen and oxygen atoms in total. The Balaban J connectivity index is 0.000000317. The molecule has 0 aromatic heterocycles. The van der Waals surface area contributed by atoms with Crippen LogP contribution in [0, 0.1) is 16.9 Å². The normalized spacial score (nSPS) is 16.4. The predicted molar refractivity (Wildman–Crippen MR) is 156 cm³/mol. The Morgan fingerprint density at radius 1 is 0.784 bits per heavy atom. The summed E-state index contributed by atoms with van der Waals surface area (Å²) in [6.07, 6.45) is -0.434. The van der Waals surface area contributed by atoms with E-state index < -0.39 is 12.2 Å². The molecule has 2 N–H and O–H groups in total. The molecule has 2 unspecified atom stereocenters. The summed E-state index contributed by atoms with van der Waals surface area (Å²) in [5, 5.41) is 19.5. The average molecular weight is 686 g/mol. The second kappa shape index (κ2) is 13.1. The van der Waals surface area contributed by atoms with Crippen molar-refractivity contribution >= 4 is 29.3 Å². The molecule has 1 aliphatic rings. The van der Waals surface area contributed by atoms with Crippen LogP contribution < -0.4 is 9.62 Å². The predicted octanol–water partition coefficient (Wildman–Crippen LogP) is 3.82. The molecular formula is C28H45B2N4O2Pt-. The van der Waals surface area contributed by atoms with Gasteiger partial charge in [-0.25, -0.2) is 0 Å². The maximum absolute atomic E-state index is 9.76. The molecule has 0 bridgehead atoms. The zero-order chi connectivity index (χ0) is 28.1. The first-order valence-corrected chi connectivity index (χ1v) is 14.0. The molecule has 0 aliphatic carbocycles. The van der Waals surface area contributed by atoms with Gasteiger partial charge in [0.15, 0.2) is 0 Å². The number of hydrogen-bond acceptors (Lipinski definition) is 6. The van der Waals surface area contributed by atoms with Crippen LogP contribution in [0.1, 0.15) is 48.0 Å². The van der Waals surface area contributed by atoms with Crippen molar-refractivity contribution in [2.24, 2.45) is 10.8 Å². The molecule has 9 heteroatoms. The molecule has 1 heterocycles. The van der Waals surface area contributed by atoms with Crippen LogP contribution in [0.4, 0.5) is 11.4 Å². The first kappa shape index (κ1) is 31.8. The van der Waals surface area contributed by atoms with Gasteiger partial charge in [0.05, 0.1) is 12.2 Å². The molecule has 37 heavy (non-hydrogen) atoms. The first-order valence-electron chi connectivity index (χ1n) is 12.9. The summed E-state index contributed by atoms with van der Waals surface area (Å²) in [6.45, 7) is 12.3. The Bertz CT molecular complexity index is 904. The van der Waals surface area contributed by atoms with Gasteiger partial charge in [0.2, 0.25) is 0 Å². The van der Waals surface area contributed by atoms with E-state index in [0.29, 0.717) is 6.42 Å². The Morgan fingerprint density at radius 3 is 1.65 bits per heavy atom. The van der Waals surface area contributed by atoms with E-state index in [1.807, 2.05) is 53.7 Å². The Kier molecular flexibility index (Phi) is 11.2. The maximum atomic E-state index is 9.76. The third-order valence-electron chi connectivity index (χ3n) is 6.65. The third-order valence-corrected chi connectivity index (χ3v) is 7.75. The Morgan fingerprint density at radius 2 is 1.24 bits per heavy atom. The van der Waals surface area contributed by atoms with Gasteiger partial charge in [0.1, 0.15) is 0 Å². The van der Waals surface area contributed by atoms with E-state index in [1.165, 1.54) is 9.83 Å². The number of aliphatic hydroxyl groups excluding tert-OH is 2. The molecule has 0 radical (unpaired) electrons. The van der Waals surface area contributed by atoms with Gasteiger partial charge >= 0.3 is 157 Å². The molecule has 0 amide bonds. The van der Waals surface area contributed by atoms with E-state index in [2.05, 4.69) is 115 Å². The quantitative estimate of drug-likeness (QED) is 0.357. The minimum absolute atomic E-state index is 0.147. The SMILES string of the molecule is CC(C)(C)C(O)CC(O)C(C)(C)C.CN(C)B1B(N(C)C)N(c2ccccc2)[C](=[Pt])N1c1[c-]cccc1. The minimum atomic E-state index is -0.443. The van der Waals surface area contributed by atoms with Crippen LogP contribution in [0.25, 0.3) is 0 Å². The summed E-state index contributed by atoms with van der Waals surface area (Å²) in [5.41, 5.74) is 2.00. The molecule has 2 aromatic rings. The summed E-state index contributed by atoms with van der Waals surface area (Å²) in [7, 11) is 8.55. The fourth-order valence-electron chi connectivity index (χ4n) is 4.11. The number of benzene rings is 2. The van der Waals surface area contributed by atoms with Crippen LogP contribution in [-0.4, -0.2) is 78.1 Å². The van der Waals surface area contributed by atoms with Crippen LogP contribution >= 0.6 is 0 Å². The molecule has 0 spiro atoms. The zero-order valence-corrected chi connectivity index (χ0v) is 26.5. The molecule has 0 saturated carbocycles. The van der Waals surface area contributed by atoms with E-state index in [9.17, 15) is 10.2 Å². The summed E-state index contributed by atoms with van der Waals surface area (Å²) >= 11 is 2.44. The van der Waals surface area contributed by atoms with Gasteiger partial charge in [-0.15, -0.1) is 0 Å². The number of nitrogens with zero attached hydrogens (tertiary/aromatic N) is 4. The van der Waals surface area contributed by atoms with Gasteiger partial charge in [0.25, 0.3) is 0 Å². The van der Waals surface area contributed by atoms with Gasteiger partial charge in [-0.3, -0.25) is 0 Å². The van der Waals surface area contributed by atoms with E-state index in [1.54, 1.807) is 0 Å². The molecular weight excluding hydrogens is 641 g/mol. The van der Waals surface area contributed by atoms with E-state index in [4.69, 9.17) is 0 Å². The van der Waals surface area contributed by atoms with E-state index in [-0.39, 0.29) is 24.6 Å². The Labute approximate surface area is 237 Å². The molecule has 2 aromatic carbocycles. The topological polar surface area (TPSA) is 53.4 Å². The third kappa shape index (κ3) is 8.27. The first-order chi connectivity index (χ1) is 17.1. The molecule has 1 aliphatic heterocycles. The monoisotopic (exact) mass is 686 g/mol. The number of rotatable bonds is 6. The standard InChI is InChI=1S/C17H21B2N4.C11H24O2.Pt/c1-20(2)18-19(21(3)4)23(17-13-9-6-10-14-17)15-22(18)16-11-7-5-8-12-16;1-10(2,3)8(12)7-9(13)11(4,5)6;/h5-13H,1-4H3;8-9,12-13H,7H2,1-6H3;/q-1;;. The second-order valence-corrected chi connectivity index (χ2v) is 13.3. The molecule has 2 atom stereocenters. The summed E-state index contributed by atoms with van der Waals surface area (Å²) in [5.74, 6) is 0. The van der Waals surface area contributed by atoms with Crippen molar-refractivity contribution in [3.05, 3.63) is 60.7 Å². The van der Waals surface area contributed by atoms with Crippen molar-refractivity contribution in [3.8, 4) is 0 Å². The fraction of sp³-hybridized carbons (Fsp3) is 0.536. The number of hydrogen-bond donors (Lipinski definition) is 2. The fourth-order valence-corrected chi connectivity index (χ4v) is 5.27. The number of aliphatic hydroxyl groups is 2. The van der Waals surface area contributed by atoms with Crippen molar-refractivity contribution < 1.29 is 29.6 Å². The van der Waals surface area contributed by atoms with Crippen LogP contribution in [0.3, 0.4) is 0 Å². The summed E-state index contributed by atoms with van der Waals surface area (Å²) < 4.78 is 1.18.